The van der Waals surface area contributed by atoms with Crippen molar-refractivity contribution in [2.45, 2.75) is 25.3 Å². The summed E-state index contributed by atoms with van der Waals surface area (Å²) < 4.78 is 12.9. The molecule has 1 unspecified atom stereocenters. The van der Waals surface area contributed by atoms with Gasteiger partial charge in [0.15, 0.2) is 0 Å². The maximum absolute atomic E-state index is 12.9. The highest BCUT2D eigenvalue weighted by Gasteiger charge is 2.24. The molecular weight excluding hydrogens is 384 g/mol. The van der Waals surface area contributed by atoms with E-state index in [1.165, 1.54) is 23.5 Å². The maximum atomic E-state index is 12.9. The second-order valence-electron chi connectivity index (χ2n) is 5.80. The predicted octanol–water partition coefficient (Wildman–Crippen LogP) is 3.54. The molecule has 1 N–H and O–H groups in total. The van der Waals surface area contributed by atoms with Crippen LogP contribution in [0, 0.1) is 5.82 Å². The van der Waals surface area contributed by atoms with E-state index in [4.69, 9.17) is 0 Å². The average Bonchev–Trinajstić information content (AvgIpc) is 3.05. The van der Waals surface area contributed by atoms with Crippen molar-refractivity contribution in [1.29, 1.82) is 0 Å². The Morgan fingerprint density at radius 1 is 1.36 bits per heavy atom. The number of nitrogens with zero attached hydrogens (tertiary/aromatic N) is 2. The number of amides is 1. The van der Waals surface area contributed by atoms with E-state index in [1.54, 1.807) is 18.3 Å². The fourth-order valence-corrected chi connectivity index (χ4v) is 3.74. The molecule has 4 nitrogen and oxygen atoms in total. The molecule has 1 aliphatic heterocycles. The number of thiazole rings is 1. The van der Waals surface area contributed by atoms with Crippen LogP contribution in [0.15, 0.2) is 30.5 Å². The molecule has 0 aliphatic carbocycles. The maximum Gasteiger partial charge on any atom is 0.265 e. The number of carbonyl (C=O) groups excluding carboxylic acids is 1. The van der Waals surface area contributed by atoms with Crippen molar-refractivity contribution in [3.63, 3.8) is 0 Å². The summed E-state index contributed by atoms with van der Waals surface area (Å²) in [6.45, 7) is 1.56. The van der Waals surface area contributed by atoms with Crippen molar-refractivity contribution in [3.05, 3.63) is 51.7 Å². The molecule has 1 aromatic heterocycles. The van der Waals surface area contributed by atoms with Crippen LogP contribution >= 0.6 is 36.2 Å². The van der Waals surface area contributed by atoms with Crippen LogP contribution < -0.4 is 5.32 Å². The highest BCUT2D eigenvalue weighted by molar-refractivity contribution is 7.13. The predicted molar refractivity (Wildman–Crippen MR) is 104 cm³/mol. The van der Waals surface area contributed by atoms with Gasteiger partial charge in [-0.3, -0.25) is 4.79 Å². The van der Waals surface area contributed by atoms with Crippen LogP contribution in [0.5, 0.6) is 0 Å². The summed E-state index contributed by atoms with van der Waals surface area (Å²) in [6.07, 6.45) is 4.42. The highest BCUT2D eigenvalue weighted by atomic mass is 35.5. The van der Waals surface area contributed by atoms with Crippen LogP contribution in [0.25, 0.3) is 0 Å². The SMILES string of the molecule is CNC1CCCN(C(=O)c2cnc(Cc3ccc(F)cc3)s2)C1.Cl.Cl. The first kappa shape index (κ1) is 21.8. The fourth-order valence-electron chi connectivity index (χ4n) is 2.82. The third-order valence-electron chi connectivity index (χ3n) is 4.15. The Hall–Kier alpha value is -1.21. The summed E-state index contributed by atoms with van der Waals surface area (Å²) in [4.78, 5) is 19.5. The zero-order valence-corrected chi connectivity index (χ0v) is 16.4. The van der Waals surface area contributed by atoms with E-state index in [2.05, 4.69) is 10.3 Å². The number of hydrogen-bond donors (Lipinski definition) is 1. The second kappa shape index (κ2) is 10.1. The van der Waals surface area contributed by atoms with Crippen LogP contribution in [0.4, 0.5) is 4.39 Å². The van der Waals surface area contributed by atoms with Gasteiger partial charge >= 0.3 is 0 Å². The first-order valence-corrected chi connectivity index (χ1v) is 8.63. The van der Waals surface area contributed by atoms with Crippen LogP contribution in [-0.2, 0) is 6.42 Å². The molecule has 1 fully saturated rings. The van der Waals surface area contributed by atoms with Gasteiger partial charge < -0.3 is 10.2 Å². The lowest BCUT2D eigenvalue weighted by Gasteiger charge is -2.32. The highest BCUT2D eigenvalue weighted by Crippen LogP contribution is 2.21. The van der Waals surface area contributed by atoms with E-state index in [0.717, 1.165) is 36.5 Å². The van der Waals surface area contributed by atoms with Gasteiger partial charge in [-0.15, -0.1) is 36.2 Å². The largest absolute Gasteiger partial charge is 0.336 e. The molecule has 2 aromatic rings. The zero-order chi connectivity index (χ0) is 16.2. The Morgan fingerprint density at radius 3 is 2.76 bits per heavy atom. The molecule has 25 heavy (non-hydrogen) atoms. The minimum Gasteiger partial charge on any atom is -0.336 e. The number of aromatic nitrogens is 1. The van der Waals surface area contributed by atoms with Crippen molar-refractivity contribution in [1.82, 2.24) is 15.2 Å². The summed E-state index contributed by atoms with van der Waals surface area (Å²) in [5.74, 6) is -0.180. The molecule has 2 heterocycles. The Labute approximate surface area is 163 Å². The molecule has 0 saturated carbocycles. The molecule has 1 aromatic carbocycles. The van der Waals surface area contributed by atoms with Crippen molar-refractivity contribution in [2.24, 2.45) is 0 Å². The Bertz CT molecular complexity index is 681. The first-order chi connectivity index (χ1) is 11.2. The van der Waals surface area contributed by atoms with Crippen LogP contribution in [-0.4, -0.2) is 42.0 Å². The lowest BCUT2D eigenvalue weighted by atomic mass is 10.1. The molecule has 0 spiro atoms. The molecule has 1 aliphatic rings. The first-order valence-electron chi connectivity index (χ1n) is 7.81. The van der Waals surface area contributed by atoms with Crippen molar-refractivity contribution >= 4 is 42.1 Å². The smallest absolute Gasteiger partial charge is 0.265 e. The fraction of sp³-hybridized carbons (Fsp3) is 0.412. The van der Waals surface area contributed by atoms with Crippen LogP contribution in [0.2, 0.25) is 0 Å². The van der Waals surface area contributed by atoms with Crippen molar-refractivity contribution in [3.8, 4) is 0 Å². The van der Waals surface area contributed by atoms with Gasteiger partial charge in [0.25, 0.3) is 5.91 Å². The molecule has 0 radical (unpaired) electrons. The Balaban J connectivity index is 0.00000156. The third kappa shape index (κ3) is 5.64. The molecular formula is C17H22Cl2FN3OS. The van der Waals surface area contributed by atoms with E-state index < -0.39 is 0 Å². The van der Waals surface area contributed by atoms with Crippen LogP contribution in [0.1, 0.15) is 33.1 Å². The van der Waals surface area contributed by atoms with Gasteiger partial charge in [-0.25, -0.2) is 9.37 Å². The number of halogens is 3. The molecule has 1 saturated heterocycles. The minimum atomic E-state index is -0.243. The number of likely N-dealkylation sites (N-methyl/N-ethyl adjacent to an activating group) is 1. The van der Waals surface area contributed by atoms with E-state index in [0.29, 0.717) is 17.3 Å². The van der Waals surface area contributed by atoms with Gasteiger partial charge in [-0.2, -0.15) is 0 Å². The quantitative estimate of drug-likeness (QED) is 0.845. The standard InChI is InChI=1S/C17H20FN3OS.2ClH/c1-19-14-3-2-8-21(11-14)17(22)15-10-20-16(23-15)9-12-4-6-13(18)7-5-12;;/h4-7,10,14,19H,2-3,8-9,11H2,1H3;2*1H. The van der Waals surface area contributed by atoms with Gasteiger partial charge in [0.05, 0.1) is 11.2 Å². The van der Waals surface area contributed by atoms with Gasteiger partial charge in [0.2, 0.25) is 0 Å². The molecule has 0 bridgehead atoms. The second-order valence-corrected chi connectivity index (χ2v) is 6.92. The minimum absolute atomic E-state index is 0. The van der Waals surface area contributed by atoms with Crippen molar-refractivity contribution < 1.29 is 9.18 Å². The number of hydrogen-bond acceptors (Lipinski definition) is 4. The van der Waals surface area contributed by atoms with Gasteiger partial charge in [-0.1, -0.05) is 12.1 Å². The summed E-state index contributed by atoms with van der Waals surface area (Å²) in [6, 6.07) is 6.77. The van der Waals surface area contributed by atoms with Crippen molar-refractivity contribution in [2.75, 3.05) is 20.1 Å². The van der Waals surface area contributed by atoms with Crippen LogP contribution in [0.3, 0.4) is 0 Å². The normalized spacial score (nSPS) is 16.7. The van der Waals surface area contributed by atoms with E-state index in [1.807, 2.05) is 11.9 Å². The van der Waals surface area contributed by atoms with Gasteiger partial charge in [-0.05, 0) is 37.6 Å². The number of carbonyl (C=O) groups is 1. The molecule has 3 rings (SSSR count). The summed E-state index contributed by atoms with van der Waals surface area (Å²) >= 11 is 1.43. The topological polar surface area (TPSA) is 45.2 Å². The number of piperidine rings is 1. The Morgan fingerprint density at radius 2 is 2.08 bits per heavy atom. The summed E-state index contributed by atoms with van der Waals surface area (Å²) in [7, 11) is 1.94. The third-order valence-corrected chi connectivity index (χ3v) is 5.14. The molecule has 1 amide bonds. The molecule has 138 valence electrons. The average molecular weight is 406 g/mol. The number of rotatable bonds is 4. The zero-order valence-electron chi connectivity index (χ0n) is 13.9. The number of likely N-dealkylation sites (tertiary alicyclic amines) is 1. The lowest BCUT2D eigenvalue weighted by molar-refractivity contribution is 0.0703. The molecule has 1 atom stereocenters. The monoisotopic (exact) mass is 405 g/mol. The van der Waals surface area contributed by atoms with Gasteiger partial charge in [0, 0.05) is 25.6 Å². The lowest BCUT2D eigenvalue weighted by Crippen LogP contribution is -2.46. The number of nitrogens with one attached hydrogen (secondary N) is 1. The Kier molecular flexibility index (Phi) is 8.79. The van der Waals surface area contributed by atoms with E-state index >= 15 is 0 Å². The summed E-state index contributed by atoms with van der Waals surface area (Å²) in [5, 5.41) is 4.12. The van der Waals surface area contributed by atoms with E-state index in [-0.39, 0.29) is 36.5 Å². The van der Waals surface area contributed by atoms with Gasteiger partial charge in [0.1, 0.15) is 10.7 Å². The molecule has 8 heteroatoms. The number of benzene rings is 1. The summed E-state index contributed by atoms with van der Waals surface area (Å²) in [5.41, 5.74) is 0.993. The van der Waals surface area contributed by atoms with E-state index in [9.17, 15) is 9.18 Å².